The summed E-state index contributed by atoms with van der Waals surface area (Å²) in [6.45, 7) is 8.72. The highest BCUT2D eigenvalue weighted by molar-refractivity contribution is 8.00. The van der Waals surface area contributed by atoms with Gasteiger partial charge in [0.1, 0.15) is 29.3 Å². The first-order chi connectivity index (χ1) is 18.0. The average Bonchev–Trinajstić information content (AvgIpc) is 3.24. The summed E-state index contributed by atoms with van der Waals surface area (Å²) in [5, 5.41) is 15.3. The number of carbonyl (C=O) groups excluding carboxylic acids is 4. The van der Waals surface area contributed by atoms with Crippen LogP contribution in [0.15, 0.2) is 16.4 Å². The van der Waals surface area contributed by atoms with Gasteiger partial charge in [-0.05, 0) is 34.6 Å². The van der Waals surface area contributed by atoms with Crippen molar-refractivity contribution in [2.24, 2.45) is 5.16 Å². The number of hydrogen-bond acceptors (Lipinski definition) is 14. The molecule has 4 N–H and O–H groups in total. The highest BCUT2D eigenvalue weighted by atomic mass is 32.2. The molecule has 0 saturated carbocycles. The third kappa shape index (κ3) is 6.83. The summed E-state index contributed by atoms with van der Waals surface area (Å²) in [6, 6.07) is -1.12. The van der Waals surface area contributed by atoms with Gasteiger partial charge in [0.15, 0.2) is 5.13 Å². The fraction of sp³-hybridized carbons (Fsp3) is 0.545. The quantitative estimate of drug-likeness (QED) is 0.154. The average molecular weight is 585 g/mol. The van der Waals surface area contributed by atoms with Crippen molar-refractivity contribution in [3.05, 3.63) is 17.1 Å². The van der Waals surface area contributed by atoms with Gasteiger partial charge in [-0.15, -0.1) is 11.8 Å². The predicted octanol–water partition coefficient (Wildman–Crippen LogP) is 0.263. The molecular weight excluding hydrogens is 556 g/mol. The van der Waals surface area contributed by atoms with E-state index in [4.69, 9.17) is 20.0 Å². The summed E-state index contributed by atoms with van der Waals surface area (Å²) in [5.41, 5.74) is 2.72. The smallest absolute Gasteiger partial charge is 0.353 e. The minimum absolute atomic E-state index is 0.0298. The van der Waals surface area contributed by atoms with Crippen LogP contribution in [0.25, 0.3) is 0 Å². The maximum absolute atomic E-state index is 13.2. The maximum atomic E-state index is 13.2. The van der Waals surface area contributed by atoms with E-state index < -0.39 is 58.1 Å². The van der Waals surface area contributed by atoms with E-state index in [2.05, 4.69) is 19.8 Å². The molecule has 15 nitrogen and oxygen atoms in total. The van der Waals surface area contributed by atoms with Gasteiger partial charge >= 0.3 is 17.9 Å². The van der Waals surface area contributed by atoms with Gasteiger partial charge in [-0.2, -0.15) is 9.36 Å². The summed E-state index contributed by atoms with van der Waals surface area (Å²) in [5.74, 6) is -4.39. The van der Waals surface area contributed by atoms with Crippen LogP contribution in [-0.2, 0) is 38.3 Å². The van der Waals surface area contributed by atoms with E-state index in [1.54, 1.807) is 20.8 Å². The standard InChI is InChI=1S/C22H28N6O9S2/c1-9(29)35-7-10-8-38-17-12(16(31)28(17)13(10)18(32)33)24-15(30)11(14-25-20(23)39-27-14)26-37-22(5,6)19(34)36-21(2,3)4/h12,17H,7-8H2,1-6H3,(H,24,30)(H,32,33)(H2,23,25,27)/t12-,17-/m1/s1. The molecule has 1 saturated heterocycles. The number of aromatic nitrogens is 2. The minimum Gasteiger partial charge on any atom is -0.477 e. The normalized spacial score (nSPS) is 19.6. The molecule has 2 atom stereocenters. The Morgan fingerprint density at radius 2 is 1.90 bits per heavy atom. The van der Waals surface area contributed by atoms with E-state index in [1.165, 1.54) is 32.5 Å². The van der Waals surface area contributed by atoms with Crippen LogP contribution in [0.4, 0.5) is 5.13 Å². The number of rotatable bonds is 9. The number of aliphatic carboxylic acids is 1. The lowest BCUT2D eigenvalue weighted by atomic mass is 10.0. The second kappa shape index (κ2) is 11.2. The second-order valence-electron chi connectivity index (χ2n) is 9.90. The Morgan fingerprint density at radius 1 is 1.23 bits per heavy atom. The third-order valence-corrected chi connectivity index (χ3v) is 6.99. The second-order valence-corrected chi connectivity index (χ2v) is 11.8. The number of ether oxygens (including phenoxy) is 2. The number of carboxylic acids is 1. The SMILES string of the molecule is CC(=O)OCC1=C(C(=O)O)N2C(=O)[C@@H](NC(=O)C(=NOC(C)(C)C(=O)OC(C)(C)C)c3nsc(N)n3)[C@H]2SC1. The Balaban J connectivity index is 1.82. The van der Waals surface area contributed by atoms with E-state index in [9.17, 15) is 29.1 Å². The Bertz CT molecular complexity index is 1270. The Labute approximate surface area is 231 Å². The lowest BCUT2D eigenvalue weighted by Gasteiger charge is -2.49. The number of oxime groups is 1. The molecule has 0 aliphatic carbocycles. The zero-order valence-corrected chi connectivity index (χ0v) is 23.6. The molecule has 212 valence electrons. The van der Waals surface area contributed by atoms with Crippen LogP contribution in [0.2, 0.25) is 0 Å². The van der Waals surface area contributed by atoms with Crippen molar-refractivity contribution in [1.29, 1.82) is 0 Å². The molecule has 2 aliphatic heterocycles. The molecule has 2 amide bonds. The summed E-state index contributed by atoms with van der Waals surface area (Å²) in [4.78, 5) is 72.1. The van der Waals surface area contributed by atoms with E-state index in [1.807, 2.05) is 0 Å². The van der Waals surface area contributed by atoms with Crippen LogP contribution in [0.3, 0.4) is 0 Å². The molecule has 2 aliphatic rings. The van der Waals surface area contributed by atoms with Crippen LogP contribution in [0, 0.1) is 0 Å². The lowest BCUT2D eigenvalue weighted by Crippen LogP contribution is -2.71. The Hall–Kier alpha value is -3.73. The topological polar surface area (TPSA) is 213 Å². The first-order valence-electron chi connectivity index (χ1n) is 11.4. The number of nitrogens with two attached hydrogens (primary N) is 1. The van der Waals surface area contributed by atoms with Crippen molar-refractivity contribution in [2.45, 2.75) is 64.2 Å². The van der Waals surface area contributed by atoms with Crippen molar-refractivity contribution in [2.75, 3.05) is 18.1 Å². The number of thioether (sulfide) groups is 1. The first-order valence-corrected chi connectivity index (χ1v) is 13.3. The van der Waals surface area contributed by atoms with Crippen LogP contribution in [0.1, 0.15) is 47.4 Å². The van der Waals surface area contributed by atoms with Crippen LogP contribution in [-0.4, -0.2) is 89.8 Å². The van der Waals surface area contributed by atoms with Crippen molar-refractivity contribution >= 4 is 63.9 Å². The van der Waals surface area contributed by atoms with E-state index in [0.717, 1.165) is 16.4 Å². The molecule has 3 rings (SSSR count). The Morgan fingerprint density at radius 3 is 2.44 bits per heavy atom. The van der Waals surface area contributed by atoms with Gasteiger partial charge in [0.05, 0.1) is 0 Å². The monoisotopic (exact) mass is 584 g/mol. The molecule has 0 radical (unpaired) electrons. The number of anilines is 1. The van der Waals surface area contributed by atoms with Crippen molar-refractivity contribution in [3.63, 3.8) is 0 Å². The molecule has 17 heteroatoms. The van der Waals surface area contributed by atoms with Gasteiger partial charge in [0, 0.05) is 29.8 Å². The highest BCUT2D eigenvalue weighted by Crippen LogP contribution is 2.40. The van der Waals surface area contributed by atoms with E-state index in [-0.39, 0.29) is 34.6 Å². The number of carboxylic acid groups (broad SMARTS) is 1. The van der Waals surface area contributed by atoms with Gasteiger partial charge < -0.3 is 30.5 Å². The number of fused-ring (bicyclic) bond motifs is 1. The van der Waals surface area contributed by atoms with Crippen molar-refractivity contribution in [1.82, 2.24) is 19.6 Å². The van der Waals surface area contributed by atoms with Crippen molar-refractivity contribution in [3.8, 4) is 0 Å². The Kier molecular flexibility index (Phi) is 8.54. The van der Waals surface area contributed by atoms with Gasteiger partial charge in [0.2, 0.25) is 17.1 Å². The third-order valence-electron chi connectivity index (χ3n) is 5.11. The number of nitrogens with zero attached hydrogens (tertiary/aromatic N) is 4. The minimum atomic E-state index is -1.61. The highest BCUT2D eigenvalue weighted by Gasteiger charge is 2.54. The molecule has 0 aromatic carbocycles. The van der Waals surface area contributed by atoms with Crippen LogP contribution < -0.4 is 11.1 Å². The number of carbonyl (C=O) groups is 5. The zero-order valence-electron chi connectivity index (χ0n) is 22.0. The van der Waals surface area contributed by atoms with Crippen LogP contribution >= 0.6 is 23.3 Å². The lowest BCUT2D eigenvalue weighted by molar-refractivity contribution is -0.179. The molecular formula is C22H28N6O9S2. The van der Waals surface area contributed by atoms with Crippen LogP contribution in [0.5, 0.6) is 0 Å². The summed E-state index contributed by atoms with van der Waals surface area (Å²) >= 11 is 1.97. The maximum Gasteiger partial charge on any atom is 0.353 e. The van der Waals surface area contributed by atoms with Crippen molar-refractivity contribution < 1.29 is 43.4 Å². The molecule has 1 aromatic rings. The van der Waals surface area contributed by atoms with Gasteiger partial charge in [-0.25, -0.2) is 9.59 Å². The molecule has 3 heterocycles. The summed E-state index contributed by atoms with van der Waals surface area (Å²) in [7, 11) is 0. The van der Waals surface area contributed by atoms with Gasteiger partial charge in [0.25, 0.3) is 11.8 Å². The molecule has 39 heavy (non-hydrogen) atoms. The van der Waals surface area contributed by atoms with Gasteiger partial charge in [-0.1, -0.05) is 5.16 Å². The fourth-order valence-corrected chi connectivity index (χ4v) is 5.07. The largest absolute Gasteiger partial charge is 0.477 e. The number of nitrogens with one attached hydrogen (secondary N) is 1. The molecule has 0 spiro atoms. The molecule has 1 fully saturated rings. The van der Waals surface area contributed by atoms with E-state index >= 15 is 0 Å². The van der Waals surface area contributed by atoms with Gasteiger partial charge in [-0.3, -0.25) is 19.3 Å². The molecule has 1 aromatic heterocycles. The molecule has 0 unspecified atom stereocenters. The predicted molar refractivity (Wildman–Crippen MR) is 138 cm³/mol. The number of hydrogen-bond donors (Lipinski definition) is 3. The number of β-lactam (4-membered cyclic amide) rings is 1. The number of esters is 2. The number of amides is 2. The van der Waals surface area contributed by atoms with E-state index in [0.29, 0.717) is 0 Å². The zero-order chi connectivity index (χ0) is 29.3. The fourth-order valence-electron chi connectivity index (χ4n) is 3.31. The first kappa shape index (κ1) is 29.8. The summed E-state index contributed by atoms with van der Waals surface area (Å²) in [6.07, 6.45) is 0. The number of nitrogen functional groups attached to an aromatic ring is 1. The summed E-state index contributed by atoms with van der Waals surface area (Å²) < 4.78 is 14.2. The molecule has 0 bridgehead atoms.